The number of halogens is 9. The second-order valence-electron chi connectivity index (χ2n) is 28.4. The molecule has 0 radical (unpaired) electrons. The van der Waals surface area contributed by atoms with Crippen molar-refractivity contribution in [3.05, 3.63) is 125 Å². The highest BCUT2D eigenvalue weighted by atomic mass is 32.1. The molecule has 10 heterocycles. The summed E-state index contributed by atoms with van der Waals surface area (Å²) in [4.78, 5) is 43.2. The van der Waals surface area contributed by atoms with Crippen LogP contribution in [0.3, 0.4) is 0 Å². The Morgan fingerprint density at radius 3 is 1.20 bits per heavy atom. The van der Waals surface area contributed by atoms with E-state index in [1.165, 1.54) is 40.2 Å². The molecule has 11 aromatic rings. The van der Waals surface area contributed by atoms with E-state index in [1.54, 1.807) is 48.7 Å². The number of benzene rings is 3. The quantitative estimate of drug-likeness (QED) is 0.0143. The minimum Gasteiger partial charge on any atom is -0.390 e. The van der Waals surface area contributed by atoms with E-state index in [0.717, 1.165) is 30.6 Å². The van der Waals surface area contributed by atoms with Crippen LogP contribution in [0.2, 0.25) is 0 Å². The number of alkyl halides is 9. The van der Waals surface area contributed by atoms with Crippen LogP contribution < -0.4 is 31.9 Å². The number of aromatic nitrogens is 15. The number of nitrogens with one attached hydrogen (secondary N) is 6. The number of fused-ring (bicyclic) bond motifs is 5. The van der Waals surface area contributed by atoms with Crippen LogP contribution in [-0.4, -0.2) is 196 Å². The molecule has 5 aliphatic rings. The Bertz CT molecular complexity index is 5080. The first-order valence-electron chi connectivity index (χ1n) is 35.5. The molecule has 2 saturated heterocycles. The molecule has 3 saturated carbocycles. The van der Waals surface area contributed by atoms with E-state index in [9.17, 15) is 49.7 Å². The van der Waals surface area contributed by atoms with Gasteiger partial charge in [0.15, 0.2) is 11.6 Å². The van der Waals surface area contributed by atoms with Gasteiger partial charge in [0.25, 0.3) is 0 Å². The molecule has 0 unspecified atom stereocenters. The first-order chi connectivity index (χ1) is 53.2. The van der Waals surface area contributed by atoms with Gasteiger partial charge < -0.3 is 61.1 Å². The lowest BCUT2D eigenvalue weighted by Gasteiger charge is -2.25. The molecule has 16 rings (SSSR count). The standard InChI is InChI=1S/C25H27F3N8O2S.C23H25F3N8O2S.C22H23F3N8O2S/c1-13-18(22-33-15-6-4-5-7-17(15)39-22)21(34-23(31-13)29-12-25(26,27)28)32-16-10-14(11-36-9-8-30-35-36)19-20(16)38-24(2,3)37-19;1-11-16(20-32-13-6-4-5-7-15(13)37-20)19(33-21(30-11)28-10-23(24,25)26)31-14-8-12(9-29-34-27)17-18(14)36-22(2,3)35-17;1-11-16(20-30-13-4-2-3-5-15(13)36-20)19(31-21(28-11)26-10-22(23,24)25)29-14-8-12(17(34)18(14)35)9-33-7-6-27-32-33/h4-9,14,16,19-20H,10-12H2,1-3H3,(H2,29,31,32,34);4-7,12,14,17-18H,8-10H2,1-3H3,(H2,28,30,31,33);2-7,12,14,17-18,34-35H,8-10H2,1H3,(H2,26,28,29,31)/t14-,16-,19-,20+;2*12-,14-,17-,18+/m111/s1. The van der Waals surface area contributed by atoms with E-state index in [1.807, 2.05) is 100 Å². The first kappa shape index (κ1) is 78.8. The lowest BCUT2D eigenvalue weighted by atomic mass is 10.1. The summed E-state index contributed by atoms with van der Waals surface area (Å²) in [6.07, 6.45) is -8.46. The molecule has 42 heteroatoms. The third kappa shape index (κ3) is 18.4. The average Bonchev–Trinajstić information content (AvgIpc) is 1.61. The van der Waals surface area contributed by atoms with Gasteiger partial charge in [0.05, 0.1) is 113 Å². The Morgan fingerprint density at radius 1 is 0.482 bits per heavy atom. The Kier molecular flexibility index (Phi) is 22.5. The van der Waals surface area contributed by atoms with Gasteiger partial charge in [-0.15, -0.1) is 44.2 Å². The molecule has 12 atom stereocenters. The minimum atomic E-state index is -4.45. The Morgan fingerprint density at radius 2 is 0.830 bits per heavy atom. The van der Waals surface area contributed by atoms with Crippen molar-refractivity contribution in [2.24, 2.45) is 22.9 Å². The highest BCUT2D eigenvalue weighted by Gasteiger charge is 2.56. The van der Waals surface area contributed by atoms with E-state index in [2.05, 4.69) is 97.4 Å². The fourth-order valence-electron chi connectivity index (χ4n) is 14.6. The largest absolute Gasteiger partial charge is 0.405 e. The zero-order valence-electron chi connectivity index (χ0n) is 60.7. The molecule has 8 N–H and O–H groups in total. The number of hydrogen-bond acceptors (Lipinski definition) is 29. The number of azide groups is 1. The third-order valence-electron chi connectivity index (χ3n) is 19.2. The number of aliphatic hydroxyl groups excluding tert-OH is 2. The third-order valence-corrected chi connectivity index (χ3v) is 22.4. The number of ether oxygens (including phenoxy) is 4. The number of rotatable bonds is 21. The van der Waals surface area contributed by atoms with Crippen molar-refractivity contribution in [2.75, 3.05) is 58.1 Å². The molecule has 2 aliphatic heterocycles. The van der Waals surface area contributed by atoms with Crippen molar-refractivity contribution in [3.63, 3.8) is 0 Å². The number of anilines is 6. The maximum Gasteiger partial charge on any atom is 0.405 e. The molecular formula is C70H75F9N24O6S3. The number of thiazole rings is 3. The maximum atomic E-state index is 13.0. The van der Waals surface area contributed by atoms with E-state index in [4.69, 9.17) is 34.4 Å². The molecule has 3 aromatic carbocycles. The van der Waals surface area contributed by atoms with Crippen molar-refractivity contribution < 1.29 is 68.7 Å². The number of aryl methyl sites for hydroxylation is 3. The summed E-state index contributed by atoms with van der Waals surface area (Å²) in [6, 6.07) is 21.8. The van der Waals surface area contributed by atoms with E-state index < -0.39 is 68.0 Å². The number of para-hydroxylation sites is 3. The van der Waals surface area contributed by atoms with Crippen molar-refractivity contribution in [1.29, 1.82) is 0 Å². The summed E-state index contributed by atoms with van der Waals surface area (Å²) in [5, 5.41) is 59.6. The molecule has 112 heavy (non-hydrogen) atoms. The van der Waals surface area contributed by atoms with Crippen LogP contribution >= 0.6 is 34.0 Å². The number of aliphatic hydroxyl groups is 2. The maximum absolute atomic E-state index is 13.0. The molecule has 0 spiro atoms. The number of nitrogens with zero attached hydrogens (tertiary/aromatic N) is 18. The lowest BCUT2D eigenvalue weighted by molar-refractivity contribution is -0.157. The van der Waals surface area contributed by atoms with Gasteiger partial charge in [-0.2, -0.15) is 54.5 Å². The predicted octanol–water partition coefficient (Wildman–Crippen LogP) is 13.2. The van der Waals surface area contributed by atoms with Crippen LogP contribution in [0.1, 0.15) is 64.0 Å². The Balaban J connectivity index is 0.000000140. The van der Waals surface area contributed by atoms with Gasteiger partial charge in [-0.1, -0.05) is 51.9 Å². The SMILES string of the molecule is Cc1nc(NCC(F)(F)F)nc(N[C@@H]2C[C@H](CN=[N+]=[N-])[C@H]3OC(C)(C)O[C@H]32)c1-c1nc2ccccc2s1.Cc1nc(NCC(F)(F)F)nc(N[C@@H]2C[C@H](Cn3ccnn3)[C@@H](O)[C@H]2O)c1-c1nc2ccccc2s1.Cc1nc(NCC(F)(F)F)nc(N[C@@H]2C[C@H](Cn3ccnn3)[C@H]3OC(C)(C)O[C@H]32)c1-c1nc2ccccc2s1. The van der Waals surface area contributed by atoms with Gasteiger partial charge in [-0.05, 0) is 116 Å². The second-order valence-corrected chi connectivity index (χ2v) is 31.5. The van der Waals surface area contributed by atoms with Gasteiger partial charge >= 0.3 is 18.5 Å². The molecule has 0 bridgehead atoms. The van der Waals surface area contributed by atoms with Crippen LogP contribution in [0.25, 0.3) is 72.8 Å². The summed E-state index contributed by atoms with van der Waals surface area (Å²) in [7, 11) is 0. The Labute approximate surface area is 643 Å². The molecule has 8 aromatic heterocycles. The average molecular weight is 1620 g/mol. The van der Waals surface area contributed by atoms with Crippen molar-refractivity contribution in [1.82, 2.24) is 74.8 Å². The van der Waals surface area contributed by atoms with Gasteiger partial charge in [0.2, 0.25) is 17.8 Å². The van der Waals surface area contributed by atoms with Crippen LogP contribution in [-0.2, 0) is 32.0 Å². The fourth-order valence-corrected chi connectivity index (χ4v) is 17.8. The highest BCUT2D eigenvalue weighted by Crippen LogP contribution is 2.48. The van der Waals surface area contributed by atoms with Crippen molar-refractivity contribution in [3.8, 4) is 31.7 Å². The summed E-state index contributed by atoms with van der Waals surface area (Å²) in [6.45, 7) is 9.87. The molecular weight excluding hydrogens is 1540 g/mol. The van der Waals surface area contributed by atoms with Crippen LogP contribution in [0, 0.1) is 38.5 Å². The summed E-state index contributed by atoms with van der Waals surface area (Å²) >= 11 is 4.33. The van der Waals surface area contributed by atoms with Gasteiger partial charge in [-0.3, -0.25) is 9.36 Å². The second kappa shape index (κ2) is 31.9. The highest BCUT2D eigenvalue weighted by molar-refractivity contribution is 7.22. The molecule has 0 amide bonds. The summed E-state index contributed by atoms with van der Waals surface area (Å²) in [5.74, 6) is -1.48. The minimum absolute atomic E-state index is 0.0626. The van der Waals surface area contributed by atoms with E-state index in [-0.39, 0.29) is 84.5 Å². The van der Waals surface area contributed by atoms with Crippen LogP contribution in [0.4, 0.5) is 74.8 Å². The molecule has 5 fully saturated rings. The normalized spacial score (nSPS) is 23.7. The van der Waals surface area contributed by atoms with E-state index >= 15 is 0 Å². The molecule has 30 nitrogen and oxygen atoms in total. The fraction of sp³-hybridized carbons (Fsp3) is 0.471. The topological polar surface area (TPSA) is 376 Å². The van der Waals surface area contributed by atoms with Gasteiger partial charge in [0.1, 0.15) is 70.4 Å². The zero-order valence-corrected chi connectivity index (χ0v) is 63.2. The molecule has 3 aliphatic carbocycles. The van der Waals surface area contributed by atoms with Gasteiger partial charge in [-0.25, -0.2) is 29.9 Å². The zero-order chi connectivity index (χ0) is 79.2. The predicted molar refractivity (Wildman–Crippen MR) is 400 cm³/mol. The van der Waals surface area contributed by atoms with Crippen LogP contribution in [0.5, 0.6) is 0 Å². The van der Waals surface area contributed by atoms with Crippen molar-refractivity contribution in [2.45, 2.75) is 166 Å². The smallest absolute Gasteiger partial charge is 0.390 e. The van der Waals surface area contributed by atoms with Gasteiger partial charge in [0, 0.05) is 48.8 Å². The monoisotopic (exact) mass is 1610 g/mol. The van der Waals surface area contributed by atoms with Crippen molar-refractivity contribution >= 4 is 100.0 Å². The Hall–Kier alpha value is -9.91. The van der Waals surface area contributed by atoms with Crippen LogP contribution in [0.15, 0.2) is 103 Å². The summed E-state index contributed by atoms with van der Waals surface area (Å²) in [5.41, 5.74) is 14.4. The summed E-state index contributed by atoms with van der Waals surface area (Å²) < 4.78 is 147. The lowest BCUT2D eigenvalue weighted by Crippen LogP contribution is -2.36. The number of hydrogen-bond donors (Lipinski definition) is 8. The molecule has 592 valence electrons. The first-order valence-corrected chi connectivity index (χ1v) is 37.9. The van der Waals surface area contributed by atoms with E-state index in [0.29, 0.717) is 92.8 Å².